The highest BCUT2D eigenvalue weighted by molar-refractivity contribution is 6.36. The van der Waals surface area contributed by atoms with Crippen molar-refractivity contribution in [3.63, 3.8) is 0 Å². The van der Waals surface area contributed by atoms with Crippen molar-refractivity contribution in [2.45, 2.75) is 19.9 Å². The van der Waals surface area contributed by atoms with Gasteiger partial charge in [-0.25, -0.2) is 0 Å². The highest BCUT2D eigenvalue weighted by Gasteiger charge is 2.39. The van der Waals surface area contributed by atoms with E-state index in [1.165, 1.54) is 17.6 Å². The minimum absolute atomic E-state index is 0.150. The number of carbonyl (C=O) groups excluding carboxylic acids is 2. The molecule has 2 heterocycles. The number of nitrogens with one attached hydrogen (secondary N) is 1. The third kappa shape index (κ3) is 4.43. The van der Waals surface area contributed by atoms with Gasteiger partial charge in [0.05, 0.1) is 26.3 Å². The number of amides is 2. The van der Waals surface area contributed by atoms with Crippen LogP contribution in [0.15, 0.2) is 72.7 Å². The van der Waals surface area contributed by atoms with Gasteiger partial charge >= 0.3 is 0 Å². The summed E-state index contributed by atoms with van der Waals surface area (Å²) in [5, 5.41) is 3.19. The van der Waals surface area contributed by atoms with Crippen molar-refractivity contribution in [2.75, 3.05) is 19.5 Å². The molecule has 7 nitrogen and oxygen atoms in total. The molecule has 0 fully saturated rings. The van der Waals surface area contributed by atoms with E-state index in [0.29, 0.717) is 17.1 Å². The van der Waals surface area contributed by atoms with E-state index >= 15 is 0 Å². The van der Waals surface area contributed by atoms with Gasteiger partial charge < -0.3 is 14.8 Å². The van der Waals surface area contributed by atoms with Crippen molar-refractivity contribution in [1.82, 2.24) is 9.88 Å². The number of anilines is 1. The van der Waals surface area contributed by atoms with E-state index in [4.69, 9.17) is 9.47 Å². The first kappa shape index (κ1) is 22.1. The number of nitrogens with zero attached hydrogens (tertiary/aromatic N) is 2. The number of ether oxygens (including phenoxy) is 2. The Morgan fingerprint density at radius 2 is 1.55 bits per heavy atom. The second-order valence-corrected chi connectivity index (χ2v) is 7.55. The SMILES string of the molecule is CCc1ccc(NC2=C(c3ccc(OC)c(OC)c3)C(=O)N(Cc3ccncc3)C2=O)cc1. The fraction of sp³-hybridized carbons (Fsp3) is 0.192. The molecule has 168 valence electrons. The van der Waals surface area contributed by atoms with Crippen LogP contribution >= 0.6 is 0 Å². The Balaban J connectivity index is 1.76. The first-order valence-corrected chi connectivity index (χ1v) is 10.6. The monoisotopic (exact) mass is 443 g/mol. The first-order chi connectivity index (χ1) is 16.0. The molecule has 1 aliphatic heterocycles. The minimum Gasteiger partial charge on any atom is -0.493 e. The van der Waals surface area contributed by atoms with Crippen molar-refractivity contribution in [2.24, 2.45) is 0 Å². The van der Waals surface area contributed by atoms with Crippen LogP contribution in [-0.2, 0) is 22.6 Å². The number of pyridine rings is 1. The molecule has 0 unspecified atom stereocenters. The largest absolute Gasteiger partial charge is 0.493 e. The van der Waals surface area contributed by atoms with Crippen LogP contribution < -0.4 is 14.8 Å². The number of imide groups is 1. The van der Waals surface area contributed by atoms with E-state index < -0.39 is 0 Å². The maximum Gasteiger partial charge on any atom is 0.278 e. The molecule has 1 aromatic heterocycles. The molecular formula is C26H25N3O4. The average Bonchev–Trinajstić information content (AvgIpc) is 3.08. The van der Waals surface area contributed by atoms with E-state index in [9.17, 15) is 9.59 Å². The van der Waals surface area contributed by atoms with Crippen LogP contribution in [-0.4, -0.2) is 35.9 Å². The lowest BCUT2D eigenvalue weighted by Gasteiger charge is -2.15. The smallest absolute Gasteiger partial charge is 0.278 e. The average molecular weight is 444 g/mol. The van der Waals surface area contributed by atoms with Crippen molar-refractivity contribution < 1.29 is 19.1 Å². The van der Waals surface area contributed by atoms with Crippen LogP contribution in [0.5, 0.6) is 11.5 Å². The number of hydrogen-bond donors (Lipinski definition) is 1. The molecule has 0 aliphatic carbocycles. The Bertz CT molecular complexity index is 1200. The predicted molar refractivity (Wildman–Crippen MR) is 126 cm³/mol. The van der Waals surface area contributed by atoms with Crippen molar-refractivity contribution in [1.29, 1.82) is 0 Å². The third-order valence-electron chi connectivity index (χ3n) is 5.56. The lowest BCUT2D eigenvalue weighted by atomic mass is 10.0. The van der Waals surface area contributed by atoms with Gasteiger partial charge in [-0.2, -0.15) is 0 Å². The fourth-order valence-corrected chi connectivity index (χ4v) is 3.73. The number of rotatable bonds is 8. The molecule has 0 saturated carbocycles. The molecular weight excluding hydrogens is 418 g/mol. The van der Waals surface area contributed by atoms with E-state index in [-0.39, 0.29) is 29.6 Å². The number of aromatic nitrogens is 1. The number of hydrogen-bond acceptors (Lipinski definition) is 6. The Labute approximate surface area is 192 Å². The third-order valence-corrected chi connectivity index (χ3v) is 5.56. The van der Waals surface area contributed by atoms with Crippen LogP contribution in [0.2, 0.25) is 0 Å². The normalized spacial score (nSPS) is 13.5. The fourth-order valence-electron chi connectivity index (χ4n) is 3.73. The maximum absolute atomic E-state index is 13.5. The molecule has 0 atom stereocenters. The van der Waals surface area contributed by atoms with E-state index in [1.807, 2.05) is 24.3 Å². The number of benzene rings is 2. The van der Waals surface area contributed by atoms with Crippen LogP contribution in [0.4, 0.5) is 5.69 Å². The molecule has 2 aromatic carbocycles. The standard InChI is InChI=1S/C26H25N3O4/c1-4-17-5-8-20(9-6-17)28-24-23(19-7-10-21(32-2)22(15-19)33-3)25(30)29(26(24)31)16-18-11-13-27-14-12-18/h5-15,28H,4,16H2,1-3H3. The highest BCUT2D eigenvalue weighted by atomic mass is 16.5. The molecule has 4 rings (SSSR count). The zero-order chi connectivity index (χ0) is 23.4. The zero-order valence-electron chi connectivity index (χ0n) is 18.8. The van der Waals surface area contributed by atoms with Gasteiger partial charge in [0, 0.05) is 18.1 Å². The lowest BCUT2D eigenvalue weighted by molar-refractivity contribution is -0.137. The molecule has 0 bridgehead atoms. The Morgan fingerprint density at radius 1 is 0.848 bits per heavy atom. The van der Waals surface area contributed by atoms with Gasteiger partial charge in [-0.05, 0) is 59.5 Å². The number of methoxy groups -OCH3 is 2. The van der Waals surface area contributed by atoms with Gasteiger partial charge in [0.25, 0.3) is 11.8 Å². The summed E-state index contributed by atoms with van der Waals surface area (Å²) in [5.41, 5.74) is 3.80. The summed E-state index contributed by atoms with van der Waals surface area (Å²) in [6.07, 6.45) is 4.19. The minimum atomic E-state index is -0.388. The van der Waals surface area contributed by atoms with Crippen LogP contribution in [0, 0.1) is 0 Å². The number of carbonyl (C=O) groups is 2. The van der Waals surface area contributed by atoms with E-state index in [1.54, 1.807) is 49.8 Å². The lowest BCUT2D eigenvalue weighted by Crippen LogP contribution is -2.32. The van der Waals surface area contributed by atoms with E-state index in [2.05, 4.69) is 17.2 Å². The molecule has 2 amide bonds. The van der Waals surface area contributed by atoms with E-state index in [0.717, 1.165) is 17.7 Å². The molecule has 33 heavy (non-hydrogen) atoms. The molecule has 3 aromatic rings. The van der Waals surface area contributed by atoms with Crippen LogP contribution in [0.25, 0.3) is 5.57 Å². The van der Waals surface area contributed by atoms with Gasteiger partial charge in [0.2, 0.25) is 0 Å². The first-order valence-electron chi connectivity index (χ1n) is 10.6. The van der Waals surface area contributed by atoms with Crippen molar-refractivity contribution in [3.8, 4) is 11.5 Å². The van der Waals surface area contributed by atoms with Gasteiger partial charge in [-0.15, -0.1) is 0 Å². The summed E-state index contributed by atoms with van der Waals surface area (Å²) in [4.78, 5) is 32.2. The molecule has 0 radical (unpaired) electrons. The highest BCUT2D eigenvalue weighted by Crippen LogP contribution is 2.36. The maximum atomic E-state index is 13.5. The van der Waals surface area contributed by atoms with Crippen molar-refractivity contribution in [3.05, 3.63) is 89.4 Å². The predicted octanol–water partition coefficient (Wildman–Crippen LogP) is 4.05. The summed E-state index contributed by atoms with van der Waals surface area (Å²) >= 11 is 0. The number of aryl methyl sites for hydroxylation is 1. The molecule has 1 N–H and O–H groups in total. The Hall–Kier alpha value is -4.13. The topological polar surface area (TPSA) is 80.8 Å². The Morgan fingerprint density at radius 3 is 2.18 bits per heavy atom. The van der Waals surface area contributed by atoms with Crippen LogP contribution in [0.1, 0.15) is 23.6 Å². The summed E-state index contributed by atoms with van der Waals surface area (Å²) < 4.78 is 10.7. The van der Waals surface area contributed by atoms with Gasteiger partial charge in [0.15, 0.2) is 11.5 Å². The second-order valence-electron chi connectivity index (χ2n) is 7.55. The molecule has 7 heteroatoms. The van der Waals surface area contributed by atoms with Gasteiger partial charge in [-0.1, -0.05) is 25.1 Å². The van der Waals surface area contributed by atoms with Gasteiger partial charge in [-0.3, -0.25) is 19.5 Å². The molecule has 1 aliphatic rings. The summed E-state index contributed by atoms with van der Waals surface area (Å²) in [6, 6.07) is 16.5. The quantitative estimate of drug-likeness (QED) is 0.529. The summed E-state index contributed by atoms with van der Waals surface area (Å²) in [5.74, 6) is 0.247. The van der Waals surface area contributed by atoms with Crippen LogP contribution in [0.3, 0.4) is 0 Å². The zero-order valence-corrected chi connectivity index (χ0v) is 18.8. The Kier molecular flexibility index (Phi) is 6.40. The van der Waals surface area contributed by atoms with Gasteiger partial charge in [0.1, 0.15) is 5.70 Å². The molecule has 0 spiro atoms. The molecule has 0 saturated heterocycles. The summed E-state index contributed by atoms with van der Waals surface area (Å²) in [7, 11) is 3.08. The second kappa shape index (κ2) is 9.56. The summed E-state index contributed by atoms with van der Waals surface area (Å²) in [6.45, 7) is 2.23. The van der Waals surface area contributed by atoms with Crippen molar-refractivity contribution >= 4 is 23.1 Å².